The molecule has 2 aromatic rings. The van der Waals surface area contributed by atoms with Crippen LogP contribution in [-0.4, -0.2) is 8.42 Å². The van der Waals surface area contributed by atoms with Crippen molar-refractivity contribution in [1.82, 2.24) is 0 Å². The van der Waals surface area contributed by atoms with E-state index >= 15 is 0 Å². The van der Waals surface area contributed by atoms with Crippen LogP contribution in [0.4, 0.5) is 5.69 Å². The molecule has 22 heavy (non-hydrogen) atoms. The van der Waals surface area contributed by atoms with Gasteiger partial charge in [0.05, 0.1) is 5.69 Å². The topological polar surface area (TPSA) is 70.0 Å². The summed E-state index contributed by atoms with van der Waals surface area (Å²) in [5.74, 6) is 0. The van der Waals surface area contributed by atoms with Crippen LogP contribution in [0.2, 0.25) is 0 Å². The number of nitrogens with zero attached hydrogens (tertiary/aromatic N) is 1. The third-order valence-corrected chi connectivity index (χ3v) is 5.95. The number of thiocyanates is 1. The molecule has 0 aromatic heterocycles. The maximum absolute atomic E-state index is 12.5. The Morgan fingerprint density at radius 3 is 2.64 bits per heavy atom. The van der Waals surface area contributed by atoms with Crippen molar-refractivity contribution in [1.29, 1.82) is 5.26 Å². The molecule has 0 saturated carbocycles. The zero-order valence-corrected chi connectivity index (χ0v) is 14.9. The van der Waals surface area contributed by atoms with Gasteiger partial charge in [0.1, 0.15) is 10.3 Å². The average Bonchev–Trinajstić information content (AvgIpc) is 2.49. The van der Waals surface area contributed by atoms with E-state index in [9.17, 15) is 8.42 Å². The fraction of sp³-hybridized carbons (Fsp3) is 0.133. The van der Waals surface area contributed by atoms with Crippen molar-refractivity contribution in [2.45, 2.75) is 23.1 Å². The predicted octanol–water partition coefficient (Wildman–Crippen LogP) is 4.39. The molecule has 7 heteroatoms. The molecule has 4 nitrogen and oxygen atoms in total. The van der Waals surface area contributed by atoms with Crippen LogP contribution in [0.1, 0.15) is 12.5 Å². The van der Waals surface area contributed by atoms with Crippen molar-refractivity contribution < 1.29 is 8.42 Å². The molecular formula is C15H13BrN2O2S2. The predicted molar refractivity (Wildman–Crippen MR) is 92.2 cm³/mol. The lowest BCUT2D eigenvalue weighted by atomic mass is 10.1. The monoisotopic (exact) mass is 396 g/mol. The van der Waals surface area contributed by atoms with E-state index in [1.54, 1.807) is 30.3 Å². The van der Waals surface area contributed by atoms with E-state index in [4.69, 9.17) is 5.26 Å². The quantitative estimate of drug-likeness (QED) is 0.600. The van der Waals surface area contributed by atoms with Crippen molar-refractivity contribution in [2.75, 3.05) is 4.72 Å². The fourth-order valence-electron chi connectivity index (χ4n) is 1.94. The maximum Gasteiger partial charge on any atom is 0.263 e. The van der Waals surface area contributed by atoms with Crippen LogP contribution in [0.25, 0.3) is 0 Å². The third kappa shape index (κ3) is 3.83. The first-order valence-electron chi connectivity index (χ1n) is 6.44. The summed E-state index contributed by atoms with van der Waals surface area (Å²) in [6.07, 6.45) is 0.660. The van der Waals surface area contributed by atoms with Gasteiger partial charge in [0.25, 0.3) is 10.0 Å². The molecule has 0 bridgehead atoms. The Balaban J connectivity index is 2.38. The summed E-state index contributed by atoms with van der Waals surface area (Å²) in [5, 5.41) is 10.7. The molecule has 0 heterocycles. The van der Waals surface area contributed by atoms with Crippen molar-refractivity contribution in [3.05, 3.63) is 52.5 Å². The van der Waals surface area contributed by atoms with Gasteiger partial charge in [-0.05, 0) is 70.0 Å². The highest BCUT2D eigenvalue weighted by molar-refractivity contribution is 9.10. The average molecular weight is 397 g/mol. The summed E-state index contributed by atoms with van der Waals surface area (Å²) in [5.41, 5.74) is 1.37. The van der Waals surface area contributed by atoms with Gasteiger partial charge < -0.3 is 0 Å². The fourth-order valence-corrected chi connectivity index (χ4v) is 4.49. The lowest BCUT2D eigenvalue weighted by Gasteiger charge is -2.13. The minimum absolute atomic E-state index is 0.188. The minimum Gasteiger partial charge on any atom is -0.279 e. The molecule has 0 aliphatic heterocycles. The molecule has 0 aliphatic carbocycles. The molecule has 0 spiro atoms. The molecule has 114 valence electrons. The highest BCUT2D eigenvalue weighted by Crippen LogP contribution is 2.28. The van der Waals surface area contributed by atoms with Crippen LogP contribution in [0.15, 0.2) is 56.7 Å². The van der Waals surface area contributed by atoms with E-state index in [0.717, 1.165) is 22.2 Å². The Kier molecular flexibility index (Phi) is 5.51. The second kappa shape index (κ2) is 7.18. The van der Waals surface area contributed by atoms with Gasteiger partial charge in [-0.15, -0.1) is 0 Å². The molecule has 0 saturated heterocycles. The molecule has 1 N–H and O–H groups in total. The number of rotatable bonds is 5. The molecule has 0 fully saturated rings. The van der Waals surface area contributed by atoms with Crippen LogP contribution in [-0.2, 0) is 16.4 Å². The Morgan fingerprint density at radius 2 is 2.00 bits per heavy atom. The number of nitrogens with one attached hydrogen (secondary N) is 1. The summed E-state index contributed by atoms with van der Waals surface area (Å²) >= 11 is 4.31. The van der Waals surface area contributed by atoms with Gasteiger partial charge in [0, 0.05) is 9.37 Å². The number of hydrogen-bond acceptors (Lipinski definition) is 4. The number of benzene rings is 2. The number of sulfonamides is 1. The Hall–Kier alpha value is -1.49. The van der Waals surface area contributed by atoms with Crippen molar-refractivity contribution in [3.8, 4) is 5.40 Å². The van der Waals surface area contributed by atoms with E-state index < -0.39 is 10.0 Å². The van der Waals surface area contributed by atoms with E-state index in [1.165, 1.54) is 6.07 Å². The standard InChI is InChI=1S/C15H13BrN2O2S2/c1-2-11-9-12(21-10-17)7-8-14(11)18-22(19,20)15-6-4-3-5-13(15)16/h3-9,18H,2H2,1H3. The third-order valence-electron chi connectivity index (χ3n) is 2.99. The van der Waals surface area contributed by atoms with Gasteiger partial charge in [0.2, 0.25) is 0 Å². The van der Waals surface area contributed by atoms with E-state index in [2.05, 4.69) is 20.7 Å². The lowest BCUT2D eigenvalue weighted by Crippen LogP contribution is -2.14. The second-order valence-corrected chi connectivity index (χ2v) is 7.77. The highest BCUT2D eigenvalue weighted by Gasteiger charge is 2.18. The first-order valence-corrected chi connectivity index (χ1v) is 9.53. The normalized spacial score (nSPS) is 11.0. The van der Waals surface area contributed by atoms with Crippen LogP contribution in [0.3, 0.4) is 0 Å². The lowest BCUT2D eigenvalue weighted by molar-refractivity contribution is 0.600. The number of anilines is 1. The van der Waals surface area contributed by atoms with Gasteiger partial charge in [-0.25, -0.2) is 8.42 Å². The minimum atomic E-state index is -3.67. The van der Waals surface area contributed by atoms with Crippen molar-refractivity contribution >= 4 is 43.4 Å². The first kappa shape index (κ1) is 16.9. The molecule has 0 radical (unpaired) electrons. The van der Waals surface area contributed by atoms with Gasteiger partial charge >= 0.3 is 0 Å². The summed E-state index contributed by atoms with van der Waals surface area (Å²) < 4.78 is 28.1. The molecule has 2 aromatic carbocycles. The Morgan fingerprint density at radius 1 is 1.27 bits per heavy atom. The van der Waals surface area contributed by atoms with Crippen LogP contribution >= 0.6 is 27.7 Å². The van der Waals surface area contributed by atoms with Crippen molar-refractivity contribution in [2.24, 2.45) is 0 Å². The van der Waals surface area contributed by atoms with Crippen molar-refractivity contribution in [3.63, 3.8) is 0 Å². The second-order valence-electron chi connectivity index (χ2n) is 4.40. The summed E-state index contributed by atoms with van der Waals surface area (Å²) in [7, 11) is -3.67. The molecular weight excluding hydrogens is 384 g/mol. The van der Waals surface area contributed by atoms with Crippen LogP contribution < -0.4 is 4.72 Å². The molecule has 0 unspecified atom stereocenters. The Bertz CT molecular complexity index is 830. The van der Waals surface area contributed by atoms with Gasteiger partial charge in [0.15, 0.2) is 0 Å². The molecule has 2 rings (SSSR count). The van der Waals surface area contributed by atoms with E-state index in [-0.39, 0.29) is 4.90 Å². The molecule has 0 amide bonds. The summed E-state index contributed by atoms with van der Waals surface area (Å²) in [6, 6.07) is 11.9. The van der Waals surface area contributed by atoms with Gasteiger partial charge in [-0.2, -0.15) is 5.26 Å². The molecule has 0 atom stereocenters. The van der Waals surface area contributed by atoms with E-state index in [0.29, 0.717) is 16.6 Å². The highest BCUT2D eigenvalue weighted by atomic mass is 79.9. The Labute approximate surface area is 142 Å². The number of hydrogen-bond donors (Lipinski definition) is 1. The summed E-state index contributed by atoms with van der Waals surface area (Å²) in [6.45, 7) is 1.94. The van der Waals surface area contributed by atoms with Crippen LogP contribution in [0.5, 0.6) is 0 Å². The first-order chi connectivity index (χ1) is 10.5. The zero-order chi connectivity index (χ0) is 16.2. The van der Waals surface area contributed by atoms with E-state index in [1.807, 2.05) is 18.4 Å². The maximum atomic E-state index is 12.5. The van der Waals surface area contributed by atoms with Crippen LogP contribution in [0, 0.1) is 10.7 Å². The van der Waals surface area contributed by atoms with Gasteiger partial charge in [-0.1, -0.05) is 19.1 Å². The zero-order valence-electron chi connectivity index (χ0n) is 11.7. The largest absolute Gasteiger partial charge is 0.279 e. The smallest absolute Gasteiger partial charge is 0.263 e. The SMILES string of the molecule is CCc1cc(SC#N)ccc1NS(=O)(=O)c1ccccc1Br. The number of halogens is 1. The van der Waals surface area contributed by atoms with Gasteiger partial charge in [-0.3, -0.25) is 4.72 Å². The number of nitriles is 1. The number of aryl methyl sites for hydroxylation is 1. The molecule has 0 aliphatic rings. The number of thioether (sulfide) groups is 1. The summed E-state index contributed by atoms with van der Waals surface area (Å²) in [4.78, 5) is 0.982.